The number of carbonyl (C=O) groups excluding carboxylic acids is 1. The summed E-state index contributed by atoms with van der Waals surface area (Å²) in [5.74, 6) is 0.788. The maximum absolute atomic E-state index is 11.9. The summed E-state index contributed by atoms with van der Waals surface area (Å²) in [6, 6.07) is 0. The summed E-state index contributed by atoms with van der Waals surface area (Å²) in [6.45, 7) is 0. The predicted molar refractivity (Wildman–Crippen MR) is 85.4 cm³/mol. The summed E-state index contributed by atoms with van der Waals surface area (Å²) in [5, 5.41) is 0. The van der Waals surface area contributed by atoms with Crippen LogP contribution in [0.1, 0.15) is 12.8 Å². The molecule has 3 aliphatic rings. The van der Waals surface area contributed by atoms with Crippen LogP contribution in [0.3, 0.4) is 0 Å². The monoisotopic (exact) mass is 332 g/mol. The van der Waals surface area contributed by atoms with Crippen LogP contribution >= 0.6 is 0 Å². The highest BCUT2D eigenvalue weighted by Gasteiger charge is 2.33. The largest absolute Gasteiger partial charge is 0.497 e. The van der Waals surface area contributed by atoms with Crippen molar-refractivity contribution in [3.8, 4) is 0 Å². The molecule has 24 heavy (non-hydrogen) atoms. The van der Waals surface area contributed by atoms with Gasteiger partial charge in [0, 0.05) is 0 Å². The molecule has 0 radical (unpaired) electrons. The number of carbonyl (C=O) groups is 1. The third-order valence-electron chi connectivity index (χ3n) is 4.14. The van der Waals surface area contributed by atoms with E-state index in [0.717, 1.165) is 35.3 Å². The molecule has 0 bridgehead atoms. The quantitative estimate of drug-likeness (QED) is 0.740. The van der Waals surface area contributed by atoms with Crippen molar-refractivity contribution in [2.24, 2.45) is 0 Å². The molecule has 3 rings (SSSR count). The molecule has 6 nitrogen and oxygen atoms in total. The fraction of sp³-hybridized carbons (Fsp3) is 0.389. The summed E-state index contributed by atoms with van der Waals surface area (Å²) in [7, 11) is 4.50. The van der Waals surface area contributed by atoms with Gasteiger partial charge in [0.25, 0.3) is 6.29 Å². The molecule has 6 heteroatoms. The third-order valence-corrected chi connectivity index (χ3v) is 4.14. The average molecular weight is 332 g/mol. The van der Waals surface area contributed by atoms with Crippen molar-refractivity contribution in [3.63, 3.8) is 0 Å². The molecule has 1 heterocycles. The Morgan fingerprint density at radius 1 is 1.21 bits per heavy atom. The van der Waals surface area contributed by atoms with Gasteiger partial charge in [0.1, 0.15) is 17.6 Å². The van der Waals surface area contributed by atoms with Crippen molar-refractivity contribution in [1.82, 2.24) is 0 Å². The van der Waals surface area contributed by atoms with Gasteiger partial charge in [-0.15, -0.1) is 0 Å². The highest BCUT2D eigenvalue weighted by atomic mass is 16.7. The van der Waals surface area contributed by atoms with Gasteiger partial charge in [-0.3, -0.25) is 0 Å². The second kappa shape index (κ2) is 6.97. The third kappa shape index (κ3) is 2.97. The Hall–Kier alpha value is -2.47. The molecule has 128 valence electrons. The first-order valence-corrected chi connectivity index (χ1v) is 7.68. The SMILES string of the molecule is COC(=O)C1OC=C2C(OC)=CCC/C2=C2\C=CC(OC)=CC2O1. The smallest absolute Gasteiger partial charge is 0.376 e. The minimum atomic E-state index is -1.16. The van der Waals surface area contributed by atoms with Gasteiger partial charge in [-0.25, -0.2) is 4.79 Å². The highest BCUT2D eigenvalue weighted by molar-refractivity contribution is 5.73. The van der Waals surface area contributed by atoms with Crippen molar-refractivity contribution >= 4 is 5.97 Å². The van der Waals surface area contributed by atoms with Crippen LogP contribution in [0.5, 0.6) is 0 Å². The molecule has 0 aromatic carbocycles. The van der Waals surface area contributed by atoms with Gasteiger partial charge in [0.2, 0.25) is 0 Å². The Balaban J connectivity index is 2.08. The van der Waals surface area contributed by atoms with E-state index in [9.17, 15) is 4.79 Å². The maximum Gasteiger partial charge on any atom is 0.376 e. The summed E-state index contributed by atoms with van der Waals surface area (Å²) >= 11 is 0. The Kier molecular flexibility index (Phi) is 4.76. The number of allylic oxidation sites excluding steroid dienone is 3. The lowest BCUT2D eigenvalue weighted by molar-refractivity contribution is -0.185. The fourth-order valence-corrected chi connectivity index (χ4v) is 2.95. The van der Waals surface area contributed by atoms with Crippen LogP contribution in [0.4, 0.5) is 0 Å². The molecule has 2 unspecified atom stereocenters. The van der Waals surface area contributed by atoms with E-state index < -0.39 is 18.4 Å². The van der Waals surface area contributed by atoms with E-state index in [0.29, 0.717) is 5.76 Å². The van der Waals surface area contributed by atoms with Crippen molar-refractivity contribution < 1.29 is 28.5 Å². The molecule has 0 saturated carbocycles. The van der Waals surface area contributed by atoms with Crippen LogP contribution in [0, 0.1) is 0 Å². The van der Waals surface area contributed by atoms with Gasteiger partial charge in [-0.2, -0.15) is 0 Å². The van der Waals surface area contributed by atoms with E-state index in [-0.39, 0.29) is 0 Å². The zero-order chi connectivity index (χ0) is 17.1. The lowest BCUT2D eigenvalue weighted by Gasteiger charge is -2.31. The first kappa shape index (κ1) is 16.4. The lowest BCUT2D eigenvalue weighted by atomic mass is 9.86. The Morgan fingerprint density at radius 2 is 2.04 bits per heavy atom. The minimum absolute atomic E-state index is 0.469. The molecule has 0 aromatic rings. The molecule has 2 atom stereocenters. The Labute approximate surface area is 140 Å². The normalized spacial score (nSPS) is 28.7. The van der Waals surface area contributed by atoms with Gasteiger partial charge in [-0.1, -0.05) is 6.08 Å². The van der Waals surface area contributed by atoms with Gasteiger partial charge in [-0.05, 0) is 42.2 Å². The molecule has 0 saturated heterocycles. The second-order valence-electron chi connectivity index (χ2n) is 5.43. The second-order valence-corrected chi connectivity index (χ2v) is 5.43. The van der Waals surface area contributed by atoms with Crippen molar-refractivity contribution in [2.45, 2.75) is 25.2 Å². The standard InChI is InChI=1S/C18H20O6/c1-20-11-7-8-13-12-5-4-6-15(21-2)14(12)10-23-18(17(19)22-3)24-16(13)9-11/h6-10,16,18H,4-5H2,1-3H3/b13-12-,14-10?. The zero-order valence-corrected chi connectivity index (χ0v) is 13.9. The molecule has 2 aliphatic carbocycles. The van der Waals surface area contributed by atoms with Gasteiger partial charge < -0.3 is 23.7 Å². The first-order chi connectivity index (χ1) is 11.7. The maximum atomic E-state index is 11.9. The number of ether oxygens (including phenoxy) is 5. The van der Waals surface area contributed by atoms with Gasteiger partial charge >= 0.3 is 5.97 Å². The van der Waals surface area contributed by atoms with Crippen LogP contribution < -0.4 is 0 Å². The van der Waals surface area contributed by atoms with E-state index in [1.807, 2.05) is 24.3 Å². The molecule has 1 aliphatic heterocycles. The first-order valence-electron chi connectivity index (χ1n) is 7.68. The molecule has 0 aromatic heterocycles. The van der Waals surface area contributed by atoms with E-state index in [1.165, 1.54) is 13.4 Å². The molecule has 0 spiro atoms. The lowest BCUT2D eigenvalue weighted by Crippen LogP contribution is -2.34. The Bertz CT molecular complexity index is 680. The van der Waals surface area contributed by atoms with E-state index in [1.54, 1.807) is 14.2 Å². The summed E-state index contributed by atoms with van der Waals surface area (Å²) < 4.78 is 26.9. The van der Waals surface area contributed by atoms with Gasteiger partial charge in [0.15, 0.2) is 0 Å². The number of methoxy groups -OCH3 is 3. The number of esters is 1. The Morgan fingerprint density at radius 3 is 2.75 bits per heavy atom. The van der Waals surface area contributed by atoms with E-state index in [4.69, 9.17) is 23.7 Å². The van der Waals surface area contributed by atoms with E-state index in [2.05, 4.69) is 0 Å². The van der Waals surface area contributed by atoms with Crippen molar-refractivity contribution in [1.29, 1.82) is 0 Å². The summed E-state index contributed by atoms with van der Waals surface area (Å²) in [4.78, 5) is 11.9. The zero-order valence-electron chi connectivity index (χ0n) is 13.9. The molecule has 0 N–H and O–H groups in total. The number of hydrogen-bond acceptors (Lipinski definition) is 6. The van der Waals surface area contributed by atoms with Gasteiger partial charge in [0.05, 0.1) is 33.2 Å². The van der Waals surface area contributed by atoms with Crippen LogP contribution in [0.15, 0.2) is 58.8 Å². The molecular formula is C18H20O6. The number of hydrogen-bond donors (Lipinski definition) is 0. The minimum Gasteiger partial charge on any atom is -0.497 e. The molecule has 0 fully saturated rings. The van der Waals surface area contributed by atoms with Crippen LogP contribution in [-0.4, -0.2) is 39.7 Å². The van der Waals surface area contributed by atoms with Crippen molar-refractivity contribution in [2.75, 3.05) is 21.3 Å². The van der Waals surface area contributed by atoms with Crippen molar-refractivity contribution in [3.05, 3.63) is 58.8 Å². The topological polar surface area (TPSA) is 63.2 Å². The predicted octanol–water partition coefficient (Wildman–Crippen LogP) is 2.51. The molecular weight excluding hydrogens is 312 g/mol. The number of fused-ring (bicyclic) bond motifs is 2. The highest BCUT2D eigenvalue weighted by Crippen LogP contribution is 2.37. The number of rotatable bonds is 3. The average Bonchev–Trinajstić information content (AvgIpc) is 2.62. The molecule has 0 amide bonds. The summed E-state index contributed by atoms with van der Waals surface area (Å²) in [6.07, 6.45) is 9.22. The van der Waals surface area contributed by atoms with E-state index >= 15 is 0 Å². The van der Waals surface area contributed by atoms with Crippen LogP contribution in [0.25, 0.3) is 0 Å². The van der Waals surface area contributed by atoms with Crippen LogP contribution in [-0.2, 0) is 28.5 Å². The fourth-order valence-electron chi connectivity index (χ4n) is 2.95. The summed E-state index contributed by atoms with van der Waals surface area (Å²) in [5.41, 5.74) is 2.85. The van der Waals surface area contributed by atoms with Crippen LogP contribution in [0.2, 0.25) is 0 Å².